The maximum absolute atomic E-state index is 13.6. The highest BCUT2D eigenvalue weighted by Gasteiger charge is 2.18. The Kier molecular flexibility index (Phi) is 7.89. The molecule has 1 amide bonds. The van der Waals surface area contributed by atoms with Gasteiger partial charge in [0, 0.05) is 28.4 Å². The van der Waals surface area contributed by atoms with Crippen molar-refractivity contribution in [3.05, 3.63) is 120 Å². The number of amides is 1. The lowest BCUT2D eigenvalue weighted by Crippen LogP contribution is -2.32. The summed E-state index contributed by atoms with van der Waals surface area (Å²) in [5.41, 5.74) is 0.970. The van der Waals surface area contributed by atoms with E-state index in [1.54, 1.807) is 84.9 Å². The van der Waals surface area contributed by atoms with Crippen LogP contribution in [0.15, 0.2) is 94.1 Å². The molecule has 1 N–H and O–H groups in total. The van der Waals surface area contributed by atoms with E-state index in [1.165, 1.54) is 11.7 Å². The minimum atomic E-state index is -0.661. The Morgan fingerprint density at radius 3 is 2.58 bits per heavy atom. The molecular weight excluding hydrogens is 569 g/mol. The van der Waals surface area contributed by atoms with Gasteiger partial charge in [0.15, 0.2) is 5.57 Å². The van der Waals surface area contributed by atoms with Crippen molar-refractivity contribution in [2.45, 2.75) is 0 Å². The van der Waals surface area contributed by atoms with Crippen LogP contribution in [0.3, 0.4) is 0 Å². The molecule has 3 aromatic carbocycles. The van der Waals surface area contributed by atoms with Gasteiger partial charge in [-0.2, -0.15) is 5.26 Å². The zero-order chi connectivity index (χ0) is 28.2. The number of nitriles is 1. The fraction of sp³-hybridized carbons (Fsp3) is 0.0333. The number of para-hydroxylation sites is 1. The average Bonchev–Trinajstić information content (AvgIpc) is 3.54. The monoisotopic (exact) mass is 587 g/mol. The zero-order valence-electron chi connectivity index (χ0n) is 20.9. The molecule has 5 rings (SSSR count). The lowest BCUT2D eigenvalue weighted by molar-refractivity contribution is -0.111. The molecule has 198 valence electrons. The molecule has 0 saturated heterocycles. The first kappa shape index (κ1) is 27.0. The Bertz CT molecular complexity index is 1950. The average molecular weight is 588 g/mol. The molecule has 0 fully saturated rings. The van der Waals surface area contributed by atoms with Gasteiger partial charge < -0.3 is 14.5 Å². The van der Waals surface area contributed by atoms with Gasteiger partial charge in [-0.3, -0.25) is 14.2 Å². The lowest BCUT2D eigenvalue weighted by Gasteiger charge is -2.07. The number of halogens is 2. The number of carbonyl (C=O) groups excluding carboxylic acids is 1. The van der Waals surface area contributed by atoms with Crippen LogP contribution in [0.4, 0.5) is 5.69 Å². The first-order chi connectivity index (χ1) is 19.4. The standard InChI is InChI=1S/C30H19Cl2N3O4S/c1-38-21-9-5-6-19(15-21)34-28(36)24(17-33)30-35(20-7-3-2-4-8-20)29(37)27(40-30)16-22-11-13-26(39-22)23-12-10-18(31)14-25(23)32/h2-16H,1H3,(H,34,36). The quantitative estimate of drug-likeness (QED) is 0.278. The van der Waals surface area contributed by atoms with E-state index < -0.39 is 11.5 Å². The van der Waals surface area contributed by atoms with Gasteiger partial charge in [-0.1, -0.05) is 47.5 Å². The normalized spacial score (nSPS) is 12.1. The second kappa shape index (κ2) is 11.7. The minimum absolute atomic E-state index is 0.179. The van der Waals surface area contributed by atoms with Gasteiger partial charge in [0.05, 0.1) is 22.4 Å². The van der Waals surface area contributed by atoms with E-state index >= 15 is 0 Å². The number of ether oxygens (including phenoxy) is 1. The van der Waals surface area contributed by atoms with Gasteiger partial charge >= 0.3 is 0 Å². The Hall–Kier alpha value is -4.55. The largest absolute Gasteiger partial charge is 0.497 e. The number of methoxy groups -OCH3 is 1. The summed E-state index contributed by atoms with van der Waals surface area (Å²) < 4.78 is 13.0. The number of benzene rings is 3. The first-order valence-electron chi connectivity index (χ1n) is 11.8. The fourth-order valence-corrected chi connectivity index (χ4v) is 5.53. The summed E-state index contributed by atoms with van der Waals surface area (Å²) in [6, 6.07) is 26.0. The van der Waals surface area contributed by atoms with Crippen LogP contribution in [-0.2, 0) is 4.79 Å². The Morgan fingerprint density at radius 1 is 1.05 bits per heavy atom. The molecule has 7 nitrogen and oxygen atoms in total. The van der Waals surface area contributed by atoms with Crippen LogP contribution in [0.1, 0.15) is 5.76 Å². The molecule has 0 bridgehead atoms. The number of aromatic nitrogens is 1. The molecule has 0 aliphatic heterocycles. The van der Waals surface area contributed by atoms with Gasteiger partial charge in [0.1, 0.15) is 28.0 Å². The van der Waals surface area contributed by atoms with Gasteiger partial charge in [-0.25, -0.2) is 0 Å². The van der Waals surface area contributed by atoms with Crippen molar-refractivity contribution in [1.82, 2.24) is 4.57 Å². The molecule has 10 heteroatoms. The van der Waals surface area contributed by atoms with Gasteiger partial charge in [-0.05, 0) is 54.6 Å². The molecule has 0 saturated carbocycles. The van der Waals surface area contributed by atoms with Crippen LogP contribution in [-0.4, -0.2) is 17.6 Å². The van der Waals surface area contributed by atoms with Crippen molar-refractivity contribution in [1.29, 1.82) is 5.26 Å². The first-order valence-corrected chi connectivity index (χ1v) is 13.4. The number of rotatable bonds is 6. The number of nitrogens with zero attached hydrogens (tertiary/aromatic N) is 2. The maximum Gasteiger partial charge on any atom is 0.273 e. The number of carbonyl (C=O) groups is 1. The van der Waals surface area contributed by atoms with Gasteiger partial charge in [0.25, 0.3) is 11.5 Å². The van der Waals surface area contributed by atoms with Crippen molar-refractivity contribution in [2.24, 2.45) is 0 Å². The summed E-state index contributed by atoms with van der Waals surface area (Å²) in [7, 11) is 1.52. The van der Waals surface area contributed by atoms with E-state index in [-0.39, 0.29) is 14.8 Å². The highest BCUT2D eigenvalue weighted by Crippen LogP contribution is 2.31. The van der Waals surface area contributed by atoms with Gasteiger partial charge in [0.2, 0.25) is 0 Å². The summed E-state index contributed by atoms with van der Waals surface area (Å²) in [4.78, 5) is 26.9. The van der Waals surface area contributed by atoms with Crippen LogP contribution in [0.5, 0.6) is 5.75 Å². The minimum Gasteiger partial charge on any atom is -0.497 e. The molecular formula is C30H19Cl2N3O4S. The molecule has 0 spiro atoms. The van der Waals surface area contributed by atoms with Crippen LogP contribution in [0.25, 0.3) is 28.7 Å². The number of anilines is 1. The number of furan rings is 1. The highest BCUT2D eigenvalue weighted by molar-refractivity contribution is 7.07. The zero-order valence-corrected chi connectivity index (χ0v) is 23.2. The van der Waals surface area contributed by atoms with E-state index in [4.69, 9.17) is 32.4 Å². The van der Waals surface area contributed by atoms with Crippen LogP contribution in [0, 0.1) is 11.3 Å². The van der Waals surface area contributed by atoms with Crippen molar-refractivity contribution < 1.29 is 13.9 Å². The third kappa shape index (κ3) is 5.58. The molecule has 40 heavy (non-hydrogen) atoms. The Morgan fingerprint density at radius 2 is 1.85 bits per heavy atom. The molecule has 2 heterocycles. The second-order valence-corrected chi connectivity index (χ2v) is 10.3. The number of thiazole rings is 1. The van der Waals surface area contributed by atoms with E-state index in [0.717, 1.165) is 11.3 Å². The number of nitrogens with one attached hydrogen (secondary N) is 1. The van der Waals surface area contributed by atoms with E-state index in [9.17, 15) is 14.9 Å². The van der Waals surface area contributed by atoms with Crippen molar-refractivity contribution in [3.63, 3.8) is 0 Å². The molecule has 0 atom stereocenters. The SMILES string of the molecule is COc1cccc(NC(=O)C(C#N)=c2sc(=Cc3ccc(-c4ccc(Cl)cc4Cl)o3)c(=O)n2-c2ccccc2)c1. The summed E-state index contributed by atoms with van der Waals surface area (Å²) in [6.45, 7) is 0. The Labute approximate surface area is 242 Å². The number of hydrogen-bond acceptors (Lipinski definition) is 6. The molecule has 0 radical (unpaired) electrons. The van der Waals surface area contributed by atoms with Crippen LogP contribution >= 0.6 is 34.5 Å². The van der Waals surface area contributed by atoms with Crippen LogP contribution in [0.2, 0.25) is 10.0 Å². The molecule has 2 aromatic heterocycles. The molecule has 0 aliphatic carbocycles. The van der Waals surface area contributed by atoms with Crippen molar-refractivity contribution in [2.75, 3.05) is 12.4 Å². The lowest BCUT2D eigenvalue weighted by atomic mass is 10.2. The Balaban J connectivity index is 1.64. The summed E-state index contributed by atoms with van der Waals surface area (Å²) in [6.07, 6.45) is 1.57. The third-order valence-electron chi connectivity index (χ3n) is 5.82. The fourth-order valence-electron chi connectivity index (χ4n) is 3.95. The van der Waals surface area contributed by atoms with E-state index in [1.807, 2.05) is 12.1 Å². The van der Waals surface area contributed by atoms with Crippen molar-refractivity contribution in [3.8, 4) is 28.8 Å². The topological polar surface area (TPSA) is 97.3 Å². The number of hydrogen-bond donors (Lipinski definition) is 1. The van der Waals surface area contributed by atoms with Crippen molar-refractivity contribution >= 4 is 57.8 Å². The molecule has 0 unspecified atom stereocenters. The van der Waals surface area contributed by atoms with E-state index in [0.29, 0.717) is 44.3 Å². The van der Waals surface area contributed by atoms with Crippen LogP contribution < -0.4 is 24.8 Å². The summed E-state index contributed by atoms with van der Waals surface area (Å²) in [5.74, 6) is 0.773. The second-order valence-electron chi connectivity index (χ2n) is 8.39. The van der Waals surface area contributed by atoms with E-state index in [2.05, 4.69) is 5.32 Å². The summed E-state index contributed by atoms with van der Waals surface area (Å²) >= 11 is 13.3. The predicted molar refractivity (Wildman–Crippen MR) is 158 cm³/mol. The molecule has 0 aliphatic rings. The van der Waals surface area contributed by atoms with Gasteiger partial charge in [-0.15, -0.1) is 11.3 Å². The molecule has 5 aromatic rings. The predicted octanol–water partition coefficient (Wildman–Crippen LogP) is 5.62. The maximum atomic E-state index is 13.6. The smallest absolute Gasteiger partial charge is 0.273 e. The third-order valence-corrected chi connectivity index (χ3v) is 7.46. The summed E-state index contributed by atoms with van der Waals surface area (Å²) in [5, 5.41) is 13.7. The highest BCUT2D eigenvalue weighted by atomic mass is 35.5.